The molecule has 0 unspecified atom stereocenters. The molecule has 0 bridgehead atoms. The number of hydrogen-bond donors (Lipinski definition) is 1. The van der Waals surface area contributed by atoms with Crippen LogP contribution in [0, 0.1) is 6.92 Å². The van der Waals surface area contributed by atoms with Gasteiger partial charge in [0.15, 0.2) is 0 Å². The molecule has 2 aromatic carbocycles. The monoisotopic (exact) mass is 269 g/mol. The Bertz CT molecular complexity index is 576. The summed E-state index contributed by atoms with van der Waals surface area (Å²) in [5.41, 5.74) is 2.97. The number of carbonyl (C=O) groups excluding carboxylic acids is 1. The van der Waals surface area contributed by atoms with E-state index >= 15 is 0 Å². The van der Waals surface area contributed by atoms with Crippen LogP contribution in [-0.2, 0) is 11.2 Å². The summed E-state index contributed by atoms with van der Waals surface area (Å²) in [6.45, 7) is 4.60. The lowest BCUT2D eigenvalue weighted by Gasteiger charge is -2.07. The van der Waals surface area contributed by atoms with E-state index in [9.17, 15) is 4.79 Å². The van der Waals surface area contributed by atoms with Gasteiger partial charge in [-0.15, -0.1) is 0 Å². The van der Waals surface area contributed by atoms with E-state index in [0.29, 0.717) is 13.0 Å². The number of ether oxygens (including phenoxy) is 1. The summed E-state index contributed by atoms with van der Waals surface area (Å²) in [5, 5.41) is 2.88. The smallest absolute Gasteiger partial charge is 0.228 e. The summed E-state index contributed by atoms with van der Waals surface area (Å²) >= 11 is 0. The van der Waals surface area contributed by atoms with Crippen molar-refractivity contribution < 1.29 is 9.53 Å². The van der Waals surface area contributed by atoms with Crippen molar-refractivity contribution in [2.45, 2.75) is 20.3 Å². The second-order valence-electron chi connectivity index (χ2n) is 4.67. The van der Waals surface area contributed by atoms with E-state index < -0.39 is 0 Å². The van der Waals surface area contributed by atoms with Crippen LogP contribution < -0.4 is 10.1 Å². The first kappa shape index (κ1) is 14.1. The third kappa shape index (κ3) is 4.12. The van der Waals surface area contributed by atoms with E-state index in [2.05, 4.69) is 5.32 Å². The first-order valence-corrected chi connectivity index (χ1v) is 6.75. The van der Waals surface area contributed by atoms with Gasteiger partial charge in [-0.25, -0.2) is 0 Å². The summed E-state index contributed by atoms with van der Waals surface area (Å²) in [6.07, 6.45) is 0.384. The van der Waals surface area contributed by atoms with Gasteiger partial charge >= 0.3 is 0 Å². The van der Waals surface area contributed by atoms with Gasteiger partial charge in [0.25, 0.3) is 0 Å². The maximum Gasteiger partial charge on any atom is 0.228 e. The van der Waals surface area contributed by atoms with Crippen molar-refractivity contribution in [3.63, 3.8) is 0 Å². The highest BCUT2D eigenvalue weighted by Gasteiger charge is 2.04. The number of rotatable bonds is 5. The zero-order valence-electron chi connectivity index (χ0n) is 11.8. The Labute approximate surface area is 119 Å². The van der Waals surface area contributed by atoms with Crippen molar-refractivity contribution >= 4 is 11.6 Å². The zero-order valence-corrected chi connectivity index (χ0v) is 11.8. The summed E-state index contributed by atoms with van der Waals surface area (Å²) in [7, 11) is 0. The van der Waals surface area contributed by atoms with Crippen molar-refractivity contribution in [3.8, 4) is 5.75 Å². The zero-order chi connectivity index (χ0) is 14.4. The Morgan fingerprint density at radius 2 is 1.90 bits per heavy atom. The van der Waals surface area contributed by atoms with Crippen molar-refractivity contribution in [2.24, 2.45) is 0 Å². The number of carbonyl (C=O) groups is 1. The SMILES string of the molecule is CCOc1ccc(NC(=O)Cc2cccc(C)c2)cc1. The summed E-state index contributed by atoms with van der Waals surface area (Å²) in [4.78, 5) is 12.0. The lowest BCUT2D eigenvalue weighted by atomic mass is 10.1. The highest BCUT2D eigenvalue weighted by molar-refractivity contribution is 5.92. The van der Waals surface area contributed by atoms with Crippen molar-refractivity contribution in [3.05, 3.63) is 59.7 Å². The topological polar surface area (TPSA) is 38.3 Å². The van der Waals surface area contributed by atoms with E-state index in [1.807, 2.05) is 62.4 Å². The minimum absolute atomic E-state index is 0.0141. The average molecular weight is 269 g/mol. The second-order valence-corrected chi connectivity index (χ2v) is 4.67. The molecule has 0 saturated carbocycles. The van der Waals surface area contributed by atoms with E-state index in [4.69, 9.17) is 4.74 Å². The number of amides is 1. The molecule has 0 aliphatic carbocycles. The first-order chi connectivity index (χ1) is 9.67. The average Bonchev–Trinajstić information content (AvgIpc) is 2.41. The Balaban J connectivity index is 1.94. The fraction of sp³-hybridized carbons (Fsp3) is 0.235. The van der Waals surface area contributed by atoms with Crippen LogP contribution in [0.2, 0.25) is 0 Å². The number of aryl methyl sites for hydroxylation is 1. The van der Waals surface area contributed by atoms with Gasteiger partial charge in [0, 0.05) is 5.69 Å². The van der Waals surface area contributed by atoms with Gasteiger partial charge in [0.05, 0.1) is 13.0 Å². The van der Waals surface area contributed by atoms with Gasteiger partial charge in [-0.3, -0.25) is 4.79 Å². The molecule has 0 heterocycles. The van der Waals surface area contributed by atoms with Gasteiger partial charge in [-0.1, -0.05) is 29.8 Å². The lowest BCUT2D eigenvalue weighted by molar-refractivity contribution is -0.115. The third-order valence-corrected chi connectivity index (χ3v) is 2.90. The molecule has 0 aliphatic heterocycles. The normalized spacial score (nSPS) is 10.1. The molecule has 0 saturated heterocycles. The quantitative estimate of drug-likeness (QED) is 0.901. The highest BCUT2D eigenvalue weighted by atomic mass is 16.5. The second kappa shape index (κ2) is 6.75. The molecule has 1 N–H and O–H groups in total. The van der Waals surface area contributed by atoms with Crippen LogP contribution in [0.1, 0.15) is 18.1 Å². The van der Waals surface area contributed by atoms with Crippen LogP contribution in [0.3, 0.4) is 0 Å². The molecule has 0 atom stereocenters. The minimum atomic E-state index is -0.0141. The van der Waals surface area contributed by atoms with Gasteiger partial charge in [-0.2, -0.15) is 0 Å². The van der Waals surface area contributed by atoms with Crippen LogP contribution in [0.15, 0.2) is 48.5 Å². The van der Waals surface area contributed by atoms with E-state index in [0.717, 1.165) is 22.6 Å². The highest BCUT2D eigenvalue weighted by Crippen LogP contribution is 2.16. The van der Waals surface area contributed by atoms with Crippen LogP contribution in [0.25, 0.3) is 0 Å². The van der Waals surface area contributed by atoms with Gasteiger partial charge < -0.3 is 10.1 Å². The van der Waals surface area contributed by atoms with Gasteiger partial charge in [0.1, 0.15) is 5.75 Å². The van der Waals surface area contributed by atoms with E-state index in [1.54, 1.807) is 0 Å². The summed E-state index contributed by atoms with van der Waals surface area (Å²) in [6, 6.07) is 15.4. The summed E-state index contributed by atoms with van der Waals surface area (Å²) < 4.78 is 5.36. The first-order valence-electron chi connectivity index (χ1n) is 6.75. The number of anilines is 1. The predicted molar refractivity (Wildman–Crippen MR) is 81.1 cm³/mol. The van der Waals surface area contributed by atoms with Crippen molar-refractivity contribution in [2.75, 3.05) is 11.9 Å². The molecule has 1 amide bonds. The lowest BCUT2D eigenvalue weighted by Crippen LogP contribution is -2.14. The Morgan fingerprint density at radius 1 is 1.15 bits per heavy atom. The van der Waals surface area contributed by atoms with Gasteiger partial charge in [-0.05, 0) is 43.7 Å². The van der Waals surface area contributed by atoms with Crippen LogP contribution in [-0.4, -0.2) is 12.5 Å². The predicted octanol–water partition coefficient (Wildman–Crippen LogP) is 3.57. The molecule has 0 spiro atoms. The van der Waals surface area contributed by atoms with Crippen molar-refractivity contribution in [1.29, 1.82) is 0 Å². The molecule has 20 heavy (non-hydrogen) atoms. The van der Waals surface area contributed by atoms with E-state index in [1.165, 1.54) is 0 Å². The molecule has 2 rings (SSSR count). The molecular weight excluding hydrogens is 250 g/mol. The largest absolute Gasteiger partial charge is 0.494 e. The standard InChI is InChI=1S/C17H19NO2/c1-3-20-16-9-7-15(8-10-16)18-17(19)12-14-6-4-5-13(2)11-14/h4-11H,3,12H2,1-2H3,(H,18,19). The molecule has 3 nitrogen and oxygen atoms in total. The van der Waals surface area contributed by atoms with Crippen molar-refractivity contribution in [1.82, 2.24) is 0 Å². The molecule has 0 aliphatic rings. The molecular formula is C17H19NO2. The maximum absolute atomic E-state index is 12.0. The number of nitrogens with one attached hydrogen (secondary N) is 1. The minimum Gasteiger partial charge on any atom is -0.494 e. The number of hydrogen-bond acceptors (Lipinski definition) is 2. The molecule has 0 radical (unpaired) electrons. The number of benzene rings is 2. The fourth-order valence-electron chi connectivity index (χ4n) is 2.01. The van der Waals surface area contributed by atoms with E-state index in [-0.39, 0.29) is 5.91 Å². The Morgan fingerprint density at radius 3 is 2.55 bits per heavy atom. The van der Waals surface area contributed by atoms with Crippen LogP contribution in [0.4, 0.5) is 5.69 Å². The molecule has 0 fully saturated rings. The van der Waals surface area contributed by atoms with Gasteiger partial charge in [0.2, 0.25) is 5.91 Å². The Kier molecular flexibility index (Phi) is 4.77. The fourth-order valence-corrected chi connectivity index (χ4v) is 2.01. The summed E-state index contributed by atoms with van der Waals surface area (Å²) in [5.74, 6) is 0.795. The maximum atomic E-state index is 12.0. The third-order valence-electron chi connectivity index (χ3n) is 2.90. The molecule has 2 aromatic rings. The van der Waals surface area contributed by atoms with Crippen LogP contribution in [0.5, 0.6) is 5.75 Å². The molecule has 3 heteroatoms. The molecule has 0 aromatic heterocycles. The van der Waals surface area contributed by atoms with Crippen LogP contribution >= 0.6 is 0 Å². The Hall–Kier alpha value is -2.29. The molecule has 104 valence electrons.